The lowest BCUT2D eigenvalue weighted by Gasteiger charge is -2.12. The van der Waals surface area contributed by atoms with Gasteiger partial charge in [-0.3, -0.25) is 5.10 Å². The van der Waals surface area contributed by atoms with E-state index in [1.807, 2.05) is 78.9 Å². The molecule has 0 bridgehead atoms. The molecule has 162 valence electrons. The molecule has 0 saturated heterocycles. The number of para-hydroxylation sites is 2. The van der Waals surface area contributed by atoms with Crippen molar-refractivity contribution in [2.45, 2.75) is 0 Å². The van der Waals surface area contributed by atoms with Gasteiger partial charge in [-0.15, -0.1) is 10.2 Å². The molecule has 0 aliphatic rings. The topological polar surface area (TPSA) is 117 Å². The number of fused-ring (bicyclic) bond motifs is 1. The Morgan fingerprint density at radius 1 is 0.879 bits per heavy atom. The zero-order valence-corrected chi connectivity index (χ0v) is 18.9. The average Bonchev–Trinajstić information content (AvgIpc) is 3.23. The monoisotopic (exact) mass is 498 g/mol. The maximum Gasteiger partial charge on any atom is 0.199 e. The van der Waals surface area contributed by atoms with Crippen LogP contribution in [-0.2, 0) is 0 Å². The third-order valence-corrected chi connectivity index (χ3v) is 5.42. The maximum absolute atomic E-state index is 6.15. The van der Waals surface area contributed by atoms with Crippen molar-refractivity contribution in [3.8, 4) is 11.3 Å². The fourth-order valence-corrected chi connectivity index (χ4v) is 3.71. The Morgan fingerprint density at radius 3 is 2.45 bits per heavy atom. The van der Waals surface area contributed by atoms with Crippen molar-refractivity contribution in [1.82, 2.24) is 20.4 Å². The lowest BCUT2D eigenvalue weighted by Crippen LogP contribution is -2.22. The Balaban J connectivity index is 1.35. The van der Waals surface area contributed by atoms with E-state index in [9.17, 15) is 0 Å². The van der Waals surface area contributed by atoms with Crippen molar-refractivity contribution in [3.63, 3.8) is 0 Å². The highest BCUT2D eigenvalue weighted by Gasteiger charge is 2.10. The van der Waals surface area contributed by atoms with E-state index in [0.717, 1.165) is 38.0 Å². The van der Waals surface area contributed by atoms with Gasteiger partial charge >= 0.3 is 0 Å². The standard InChI is InChI=1S/C24H19BrN8/c25-16-10-11-19-17(14-16)23(33-31-19)27-20-8-4-5-9-21(20)28-24(26)29-22-13-12-18(30-32-22)15-6-2-1-3-7-15/h1-14H,(H2,27,31,33)(H3,26,28,29,32). The predicted octanol–water partition coefficient (Wildman–Crippen LogP) is 5.58. The fourth-order valence-electron chi connectivity index (χ4n) is 3.35. The van der Waals surface area contributed by atoms with Crippen molar-refractivity contribution in [3.05, 3.63) is 89.4 Å². The number of aromatic amines is 1. The summed E-state index contributed by atoms with van der Waals surface area (Å²) < 4.78 is 0.974. The van der Waals surface area contributed by atoms with Crippen LogP contribution in [0.3, 0.4) is 0 Å². The number of anilines is 3. The number of aromatic nitrogens is 4. The third-order valence-electron chi connectivity index (χ3n) is 4.92. The molecule has 0 fully saturated rings. The minimum atomic E-state index is 0.195. The largest absolute Gasteiger partial charge is 0.369 e. The normalized spacial score (nSPS) is 11.5. The summed E-state index contributed by atoms with van der Waals surface area (Å²) in [6, 6.07) is 27.1. The van der Waals surface area contributed by atoms with Crippen LogP contribution in [0.4, 0.5) is 23.0 Å². The van der Waals surface area contributed by atoms with E-state index < -0.39 is 0 Å². The van der Waals surface area contributed by atoms with E-state index in [2.05, 4.69) is 52.0 Å². The molecule has 0 amide bonds. The first-order chi connectivity index (χ1) is 16.2. The molecule has 2 aromatic heterocycles. The van der Waals surface area contributed by atoms with E-state index >= 15 is 0 Å². The number of nitrogens with one attached hydrogen (secondary N) is 3. The molecule has 5 aromatic rings. The zero-order chi connectivity index (χ0) is 22.6. The van der Waals surface area contributed by atoms with Crippen LogP contribution in [0, 0.1) is 0 Å². The Kier molecular flexibility index (Phi) is 5.69. The molecule has 0 unspecified atom stereocenters. The lowest BCUT2D eigenvalue weighted by molar-refractivity contribution is 1.03. The van der Waals surface area contributed by atoms with E-state index in [1.165, 1.54) is 0 Å². The summed E-state index contributed by atoms with van der Waals surface area (Å²) in [4.78, 5) is 4.34. The SMILES string of the molecule is NC(=Nc1ccc(-c2ccccc2)nn1)Nc1ccccc1Nc1n[nH]c2ccc(Br)cc12. The highest BCUT2D eigenvalue weighted by molar-refractivity contribution is 9.10. The van der Waals surface area contributed by atoms with Gasteiger partial charge < -0.3 is 16.4 Å². The van der Waals surface area contributed by atoms with Crippen LogP contribution in [0.25, 0.3) is 22.2 Å². The summed E-state index contributed by atoms with van der Waals surface area (Å²) in [5, 5.41) is 23.3. The quantitative estimate of drug-likeness (QED) is 0.185. The predicted molar refractivity (Wildman–Crippen MR) is 136 cm³/mol. The van der Waals surface area contributed by atoms with Gasteiger partial charge in [0, 0.05) is 15.4 Å². The summed E-state index contributed by atoms with van der Waals surface area (Å²) >= 11 is 3.51. The number of nitrogens with two attached hydrogens (primary N) is 1. The average molecular weight is 499 g/mol. The van der Waals surface area contributed by atoms with Crippen molar-refractivity contribution in [1.29, 1.82) is 0 Å². The second kappa shape index (κ2) is 9.09. The summed E-state index contributed by atoms with van der Waals surface area (Å²) in [7, 11) is 0. The number of halogens is 1. The molecule has 5 N–H and O–H groups in total. The number of guanidine groups is 1. The number of hydrogen-bond donors (Lipinski definition) is 4. The molecule has 5 rings (SSSR count). The molecule has 0 radical (unpaired) electrons. The minimum Gasteiger partial charge on any atom is -0.369 e. The Bertz CT molecular complexity index is 1430. The Hall–Kier alpha value is -4.24. The fraction of sp³-hybridized carbons (Fsp3) is 0. The molecule has 0 atom stereocenters. The lowest BCUT2D eigenvalue weighted by atomic mass is 10.1. The van der Waals surface area contributed by atoms with Crippen LogP contribution >= 0.6 is 15.9 Å². The summed E-state index contributed by atoms with van der Waals surface area (Å²) in [5.41, 5.74) is 10.4. The van der Waals surface area contributed by atoms with E-state index in [0.29, 0.717) is 11.6 Å². The first kappa shape index (κ1) is 20.7. The van der Waals surface area contributed by atoms with Crippen molar-refractivity contribution < 1.29 is 0 Å². The Labute approximate surface area is 198 Å². The number of nitrogens with zero attached hydrogens (tertiary/aromatic N) is 4. The van der Waals surface area contributed by atoms with Crippen molar-refractivity contribution in [2.24, 2.45) is 10.7 Å². The first-order valence-electron chi connectivity index (χ1n) is 10.2. The maximum atomic E-state index is 6.15. The van der Waals surface area contributed by atoms with Gasteiger partial charge in [-0.25, -0.2) is 0 Å². The molecule has 0 aliphatic heterocycles. The van der Waals surface area contributed by atoms with Gasteiger partial charge in [0.25, 0.3) is 0 Å². The van der Waals surface area contributed by atoms with E-state index in [4.69, 9.17) is 5.73 Å². The summed E-state index contributed by atoms with van der Waals surface area (Å²) in [6.07, 6.45) is 0. The Morgan fingerprint density at radius 2 is 1.67 bits per heavy atom. The minimum absolute atomic E-state index is 0.195. The van der Waals surface area contributed by atoms with Gasteiger partial charge in [-0.05, 0) is 42.5 Å². The van der Waals surface area contributed by atoms with Crippen LogP contribution < -0.4 is 16.4 Å². The molecule has 33 heavy (non-hydrogen) atoms. The second-order valence-corrected chi connectivity index (χ2v) is 8.11. The smallest absolute Gasteiger partial charge is 0.199 e. The van der Waals surface area contributed by atoms with Gasteiger partial charge in [-0.2, -0.15) is 10.1 Å². The van der Waals surface area contributed by atoms with E-state index in [-0.39, 0.29) is 5.96 Å². The molecule has 0 spiro atoms. The molecule has 3 aromatic carbocycles. The van der Waals surface area contributed by atoms with Gasteiger partial charge in [0.2, 0.25) is 0 Å². The molecular formula is C24H19BrN8. The molecular weight excluding hydrogens is 480 g/mol. The molecule has 8 nitrogen and oxygen atoms in total. The van der Waals surface area contributed by atoms with Gasteiger partial charge in [0.05, 0.1) is 22.6 Å². The van der Waals surface area contributed by atoms with Gasteiger partial charge in [0.15, 0.2) is 17.6 Å². The van der Waals surface area contributed by atoms with Crippen LogP contribution in [0.5, 0.6) is 0 Å². The van der Waals surface area contributed by atoms with Crippen LogP contribution in [0.1, 0.15) is 0 Å². The number of benzene rings is 3. The van der Waals surface area contributed by atoms with E-state index in [1.54, 1.807) is 6.07 Å². The summed E-state index contributed by atoms with van der Waals surface area (Å²) in [6.45, 7) is 0. The van der Waals surface area contributed by atoms with Crippen molar-refractivity contribution in [2.75, 3.05) is 10.6 Å². The first-order valence-corrected chi connectivity index (χ1v) is 10.9. The number of aliphatic imine (C=N–C) groups is 1. The third kappa shape index (κ3) is 4.68. The zero-order valence-electron chi connectivity index (χ0n) is 17.3. The van der Waals surface area contributed by atoms with Gasteiger partial charge in [-0.1, -0.05) is 58.4 Å². The molecule has 2 heterocycles. The highest BCUT2D eigenvalue weighted by Crippen LogP contribution is 2.30. The van der Waals surface area contributed by atoms with Crippen LogP contribution in [-0.4, -0.2) is 26.4 Å². The molecule has 0 aliphatic carbocycles. The second-order valence-electron chi connectivity index (χ2n) is 7.20. The number of H-pyrrole nitrogens is 1. The van der Waals surface area contributed by atoms with Gasteiger partial charge in [0.1, 0.15) is 0 Å². The van der Waals surface area contributed by atoms with Crippen LogP contribution in [0.15, 0.2) is 94.4 Å². The number of hydrogen-bond acceptors (Lipinski definition) is 5. The van der Waals surface area contributed by atoms with Crippen molar-refractivity contribution >= 4 is 55.8 Å². The molecule has 0 saturated carbocycles. The number of rotatable bonds is 5. The highest BCUT2D eigenvalue weighted by atomic mass is 79.9. The summed E-state index contributed by atoms with van der Waals surface area (Å²) in [5.74, 6) is 1.31. The molecule has 9 heteroatoms. The van der Waals surface area contributed by atoms with Crippen LogP contribution in [0.2, 0.25) is 0 Å².